The summed E-state index contributed by atoms with van der Waals surface area (Å²) in [4.78, 5) is 40.3. The summed E-state index contributed by atoms with van der Waals surface area (Å²) in [6.07, 6.45) is 4.02. The first kappa shape index (κ1) is 20.9. The summed E-state index contributed by atoms with van der Waals surface area (Å²) in [5.74, 6) is -0.726. The monoisotopic (exact) mass is 438 g/mol. The number of aliphatic hydroxyl groups excluding tert-OH is 1. The van der Waals surface area contributed by atoms with Crippen LogP contribution in [0.3, 0.4) is 0 Å². The van der Waals surface area contributed by atoms with Crippen LogP contribution in [0.5, 0.6) is 0 Å². The molecule has 1 unspecified atom stereocenters. The van der Waals surface area contributed by atoms with Crippen molar-refractivity contribution in [3.8, 4) is 0 Å². The van der Waals surface area contributed by atoms with Crippen LogP contribution in [0.1, 0.15) is 52.9 Å². The van der Waals surface area contributed by atoms with E-state index >= 15 is 0 Å². The highest BCUT2D eigenvalue weighted by atomic mass is 16.5. The van der Waals surface area contributed by atoms with Crippen LogP contribution in [-0.4, -0.2) is 59.0 Å². The second-order valence-electron chi connectivity index (χ2n) is 9.02. The lowest BCUT2D eigenvalue weighted by Crippen LogP contribution is -2.46. The van der Waals surface area contributed by atoms with Gasteiger partial charge >= 0.3 is 11.9 Å². The van der Waals surface area contributed by atoms with Crippen molar-refractivity contribution in [2.45, 2.75) is 39.4 Å². The molecule has 1 N–H and O–H groups in total. The van der Waals surface area contributed by atoms with Crippen LogP contribution in [0.4, 0.5) is 0 Å². The number of nitrogens with zero attached hydrogens (tertiary/aromatic N) is 2. The summed E-state index contributed by atoms with van der Waals surface area (Å²) in [5, 5.41) is 10.9. The van der Waals surface area contributed by atoms with E-state index in [0.29, 0.717) is 43.7 Å². The average molecular weight is 438 g/mol. The third kappa shape index (κ3) is 3.25. The Balaban J connectivity index is 1.25. The summed E-state index contributed by atoms with van der Waals surface area (Å²) >= 11 is 0. The highest BCUT2D eigenvalue weighted by Gasteiger charge is 2.48. The minimum atomic E-state index is -0.690. The molecule has 8 heteroatoms. The summed E-state index contributed by atoms with van der Waals surface area (Å²) in [6.45, 7) is 6.00. The van der Waals surface area contributed by atoms with Gasteiger partial charge in [-0.25, -0.2) is 9.59 Å². The molecule has 4 heterocycles. The predicted octanol–water partition coefficient (Wildman–Crippen LogP) is 1.97. The zero-order chi connectivity index (χ0) is 22.6. The van der Waals surface area contributed by atoms with Crippen LogP contribution in [0.2, 0.25) is 0 Å². The van der Waals surface area contributed by atoms with Crippen LogP contribution in [0.15, 0.2) is 35.7 Å². The Morgan fingerprint density at radius 2 is 1.84 bits per heavy atom. The molecular weight excluding hydrogens is 412 g/mol. The molecule has 5 rings (SSSR count). The van der Waals surface area contributed by atoms with E-state index in [4.69, 9.17) is 9.47 Å². The number of allylic oxidation sites excluding steroid dienone is 1. The maximum atomic E-state index is 13.3. The number of carbonyl (C=O) groups excluding carboxylic acids is 3. The smallest absolute Gasteiger partial charge is 0.338 e. The molecular formula is C24H26N2O6. The molecule has 1 amide bonds. The zero-order valence-corrected chi connectivity index (χ0v) is 18.2. The van der Waals surface area contributed by atoms with Crippen molar-refractivity contribution in [1.29, 1.82) is 0 Å². The number of benzene rings is 1. The maximum absolute atomic E-state index is 13.3. The van der Waals surface area contributed by atoms with Crippen LogP contribution >= 0.6 is 0 Å². The van der Waals surface area contributed by atoms with Gasteiger partial charge in [0.1, 0.15) is 13.2 Å². The second kappa shape index (κ2) is 7.56. The Hall–Kier alpha value is -2.97. The fourth-order valence-electron chi connectivity index (χ4n) is 5.32. The number of likely N-dealkylation sites (tertiary alicyclic amines) is 1. The van der Waals surface area contributed by atoms with Gasteiger partial charge < -0.3 is 19.5 Å². The normalized spacial score (nSPS) is 23.2. The molecule has 0 aliphatic carbocycles. The quantitative estimate of drug-likeness (QED) is 0.718. The van der Waals surface area contributed by atoms with Crippen LogP contribution in [-0.2, 0) is 25.7 Å². The summed E-state index contributed by atoms with van der Waals surface area (Å²) in [6, 6.07) is 3.53. The average Bonchev–Trinajstić information content (AvgIpc) is 3.41. The van der Waals surface area contributed by atoms with Gasteiger partial charge in [0.05, 0.1) is 22.8 Å². The van der Waals surface area contributed by atoms with Crippen LogP contribution < -0.4 is 0 Å². The minimum absolute atomic E-state index is 0.00103. The lowest BCUT2D eigenvalue weighted by Gasteiger charge is -2.38. The molecule has 0 radical (unpaired) electrons. The zero-order valence-electron chi connectivity index (χ0n) is 18.2. The Labute approximate surface area is 186 Å². The molecule has 0 aromatic heterocycles. The number of aliphatic hydroxyl groups is 1. The van der Waals surface area contributed by atoms with E-state index in [1.165, 1.54) is 6.08 Å². The van der Waals surface area contributed by atoms with Gasteiger partial charge in [-0.2, -0.15) is 0 Å². The molecule has 8 nitrogen and oxygen atoms in total. The number of fused-ring (bicyclic) bond motifs is 1. The molecule has 1 saturated heterocycles. The number of hydrogen-bond donors (Lipinski definition) is 1. The first-order valence-electron chi connectivity index (χ1n) is 10.9. The van der Waals surface area contributed by atoms with Gasteiger partial charge in [0, 0.05) is 23.9 Å². The number of hydrogen-bond acceptors (Lipinski definition) is 7. The molecule has 32 heavy (non-hydrogen) atoms. The van der Waals surface area contributed by atoms with Gasteiger partial charge in [-0.05, 0) is 63.0 Å². The molecule has 0 bridgehead atoms. The fourth-order valence-corrected chi connectivity index (χ4v) is 5.32. The largest absolute Gasteiger partial charge is 0.457 e. The van der Waals surface area contributed by atoms with Crippen molar-refractivity contribution >= 4 is 17.8 Å². The second-order valence-corrected chi connectivity index (χ2v) is 9.02. The number of carbonyl (C=O) groups is 3. The number of esters is 2. The summed E-state index contributed by atoms with van der Waals surface area (Å²) in [7, 11) is 0. The number of amides is 1. The number of rotatable bonds is 4. The Morgan fingerprint density at radius 1 is 1.09 bits per heavy atom. The third-order valence-corrected chi connectivity index (χ3v) is 7.15. The van der Waals surface area contributed by atoms with E-state index in [9.17, 15) is 19.5 Å². The van der Waals surface area contributed by atoms with E-state index < -0.39 is 17.5 Å². The number of β-amino-alcohol motifs (C(OH)–C–C–N with tert-alkyl or cyclic N) is 1. The van der Waals surface area contributed by atoms with Gasteiger partial charge in [-0.15, -0.1) is 0 Å². The highest BCUT2D eigenvalue weighted by molar-refractivity contribution is 5.94. The summed E-state index contributed by atoms with van der Waals surface area (Å²) in [5.41, 5.74) is 3.99. The molecule has 1 fully saturated rings. The maximum Gasteiger partial charge on any atom is 0.338 e. The van der Waals surface area contributed by atoms with Crippen molar-refractivity contribution in [1.82, 2.24) is 9.80 Å². The fraction of sp³-hybridized carbons (Fsp3) is 0.458. The Morgan fingerprint density at radius 3 is 2.53 bits per heavy atom. The van der Waals surface area contributed by atoms with Gasteiger partial charge in [0.2, 0.25) is 5.91 Å². The molecule has 1 aromatic carbocycles. The highest BCUT2D eigenvalue weighted by Crippen LogP contribution is 2.44. The van der Waals surface area contributed by atoms with Crippen molar-refractivity contribution in [2.75, 3.05) is 26.2 Å². The van der Waals surface area contributed by atoms with Gasteiger partial charge in [-0.3, -0.25) is 9.69 Å². The van der Waals surface area contributed by atoms with E-state index in [1.807, 2.05) is 19.9 Å². The van der Waals surface area contributed by atoms with Crippen molar-refractivity contribution in [3.63, 3.8) is 0 Å². The number of cyclic esters (lactones) is 2. The topological polar surface area (TPSA) is 96.4 Å². The number of ether oxygens (including phenoxy) is 2. The lowest BCUT2D eigenvalue weighted by molar-refractivity contribution is -0.138. The van der Waals surface area contributed by atoms with E-state index in [-0.39, 0.29) is 25.1 Å². The van der Waals surface area contributed by atoms with Gasteiger partial charge in [0.25, 0.3) is 0 Å². The van der Waals surface area contributed by atoms with E-state index in [2.05, 4.69) is 4.90 Å². The molecule has 4 aliphatic heterocycles. The van der Waals surface area contributed by atoms with Crippen LogP contribution in [0, 0.1) is 12.3 Å². The molecule has 168 valence electrons. The molecule has 1 aromatic rings. The van der Waals surface area contributed by atoms with Gasteiger partial charge in [-0.1, -0.05) is 6.07 Å². The van der Waals surface area contributed by atoms with Crippen molar-refractivity contribution in [2.24, 2.45) is 5.41 Å². The molecule has 1 spiro atoms. The van der Waals surface area contributed by atoms with E-state index in [1.54, 1.807) is 17.0 Å². The summed E-state index contributed by atoms with van der Waals surface area (Å²) < 4.78 is 10.1. The lowest BCUT2D eigenvalue weighted by atomic mass is 9.78. The Bertz CT molecular complexity index is 1080. The molecule has 4 aliphatic rings. The molecule has 1 atom stereocenters. The Kier molecular flexibility index (Phi) is 4.94. The first-order chi connectivity index (χ1) is 15.3. The van der Waals surface area contributed by atoms with Gasteiger partial charge in [0.15, 0.2) is 0 Å². The predicted molar refractivity (Wildman–Crippen MR) is 113 cm³/mol. The third-order valence-electron chi connectivity index (χ3n) is 7.15. The van der Waals surface area contributed by atoms with Crippen molar-refractivity contribution in [3.05, 3.63) is 57.9 Å². The van der Waals surface area contributed by atoms with Crippen LogP contribution in [0.25, 0.3) is 0 Å². The molecule has 0 saturated carbocycles. The minimum Gasteiger partial charge on any atom is -0.457 e. The standard InChI is InChI=1S/C24H26N2O6/c1-14-10-24(23(30)26(14)16-9-21(28)31-12-16)5-7-25(8-6-24)11-20(27)17-3-4-18-19(15(17)2)13-32-22(18)29/h3-4,9-10,20,27H,5-8,11-13H2,1-2H3. The SMILES string of the molecule is CC1=CC2(CCN(CC(O)c3ccc4c(c3C)COC4=O)CC2)C(=O)N1C1=CC(=O)OC1. The van der Waals surface area contributed by atoms with Crippen molar-refractivity contribution < 1.29 is 29.0 Å². The number of piperidine rings is 1. The van der Waals surface area contributed by atoms with E-state index in [0.717, 1.165) is 22.4 Å². The first-order valence-corrected chi connectivity index (χ1v) is 10.9.